The van der Waals surface area contributed by atoms with E-state index in [0.717, 1.165) is 6.07 Å². The molecule has 0 atom stereocenters. The van der Waals surface area contributed by atoms with Crippen LogP contribution in [-0.2, 0) is 6.61 Å². The number of pyridine rings is 1. The number of aromatic amines is 1. The van der Waals surface area contributed by atoms with Gasteiger partial charge in [0.2, 0.25) is 0 Å². The third kappa shape index (κ3) is 2.05. The number of nitrogens with one attached hydrogen (secondary N) is 1. The van der Waals surface area contributed by atoms with E-state index in [4.69, 9.17) is 16.7 Å². The van der Waals surface area contributed by atoms with E-state index in [9.17, 15) is 13.6 Å². The van der Waals surface area contributed by atoms with E-state index in [2.05, 4.69) is 4.98 Å². The second-order valence-corrected chi connectivity index (χ2v) is 2.75. The smallest absolute Gasteiger partial charge is 0.267 e. The van der Waals surface area contributed by atoms with Gasteiger partial charge < -0.3 is 10.1 Å². The van der Waals surface area contributed by atoms with Gasteiger partial charge in [-0.25, -0.2) is 8.78 Å². The molecule has 72 valence electrons. The Labute approximate surface area is 77.0 Å². The van der Waals surface area contributed by atoms with Crippen molar-refractivity contribution < 1.29 is 13.9 Å². The van der Waals surface area contributed by atoms with Gasteiger partial charge in [0.05, 0.1) is 12.3 Å². The van der Waals surface area contributed by atoms with Crippen LogP contribution >= 0.6 is 11.6 Å². The Morgan fingerprint density at radius 2 is 2.23 bits per heavy atom. The Balaban J connectivity index is 3.33. The van der Waals surface area contributed by atoms with Crippen LogP contribution in [0.25, 0.3) is 0 Å². The minimum atomic E-state index is -2.77. The van der Waals surface area contributed by atoms with Crippen LogP contribution in [0.4, 0.5) is 8.78 Å². The highest BCUT2D eigenvalue weighted by atomic mass is 35.5. The lowest BCUT2D eigenvalue weighted by Crippen LogP contribution is -2.12. The molecule has 0 unspecified atom stereocenters. The average Bonchev–Trinajstić information content (AvgIpc) is 2.08. The number of aliphatic hydroxyl groups excluding tert-OH is 1. The third-order valence-electron chi connectivity index (χ3n) is 1.51. The number of hydrogen-bond acceptors (Lipinski definition) is 2. The second-order valence-electron chi connectivity index (χ2n) is 2.34. The molecule has 1 aromatic heterocycles. The Morgan fingerprint density at radius 3 is 2.69 bits per heavy atom. The van der Waals surface area contributed by atoms with E-state index in [1.54, 1.807) is 0 Å². The lowest BCUT2D eigenvalue weighted by molar-refractivity contribution is 0.146. The molecule has 1 aromatic rings. The average molecular weight is 210 g/mol. The zero-order chi connectivity index (χ0) is 10.0. The third-order valence-corrected chi connectivity index (χ3v) is 1.79. The summed E-state index contributed by atoms with van der Waals surface area (Å²) in [6.45, 7) is -0.647. The summed E-state index contributed by atoms with van der Waals surface area (Å²) in [5.74, 6) is 0. The molecule has 0 aromatic carbocycles. The highest BCUT2D eigenvalue weighted by molar-refractivity contribution is 6.30. The van der Waals surface area contributed by atoms with Crippen LogP contribution in [0.1, 0.15) is 17.7 Å². The molecule has 2 N–H and O–H groups in total. The van der Waals surface area contributed by atoms with Crippen molar-refractivity contribution in [3.05, 3.63) is 32.7 Å². The van der Waals surface area contributed by atoms with Crippen LogP contribution in [0.15, 0.2) is 10.9 Å². The molecule has 0 aliphatic rings. The standard InChI is InChI=1S/C7H6ClF2NO2/c8-4-1-3(6(9)10)5(2-12)11-7(4)13/h1,6,12H,2H2,(H,11,13). The molecule has 0 fully saturated rings. The lowest BCUT2D eigenvalue weighted by Gasteiger charge is -2.05. The highest BCUT2D eigenvalue weighted by Gasteiger charge is 2.14. The minimum Gasteiger partial charge on any atom is -0.390 e. The number of aliphatic hydroxyl groups is 1. The van der Waals surface area contributed by atoms with E-state index in [0.29, 0.717) is 0 Å². The van der Waals surface area contributed by atoms with Crippen LogP contribution in [0, 0.1) is 0 Å². The van der Waals surface area contributed by atoms with Gasteiger partial charge in [-0.1, -0.05) is 11.6 Å². The number of H-pyrrole nitrogens is 1. The fourth-order valence-corrected chi connectivity index (χ4v) is 1.05. The molecule has 0 radical (unpaired) electrons. The summed E-state index contributed by atoms with van der Waals surface area (Å²) in [5, 5.41) is 8.32. The summed E-state index contributed by atoms with van der Waals surface area (Å²) in [5.41, 5.74) is -1.34. The summed E-state index contributed by atoms with van der Waals surface area (Å²) in [6.07, 6.45) is -2.77. The van der Waals surface area contributed by atoms with Crippen molar-refractivity contribution in [2.45, 2.75) is 13.0 Å². The van der Waals surface area contributed by atoms with Gasteiger partial charge in [0.1, 0.15) is 5.02 Å². The maximum Gasteiger partial charge on any atom is 0.267 e. The van der Waals surface area contributed by atoms with Gasteiger partial charge >= 0.3 is 0 Å². The van der Waals surface area contributed by atoms with Gasteiger partial charge in [0.25, 0.3) is 12.0 Å². The van der Waals surface area contributed by atoms with Crippen LogP contribution in [0.3, 0.4) is 0 Å². The van der Waals surface area contributed by atoms with E-state index >= 15 is 0 Å². The normalized spacial score (nSPS) is 10.8. The molecule has 0 amide bonds. The first-order chi connectivity index (χ1) is 6.06. The number of alkyl halides is 2. The molecule has 3 nitrogen and oxygen atoms in total. The zero-order valence-electron chi connectivity index (χ0n) is 6.35. The highest BCUT2D eigenvalue weighted by Crippen LogP contribution is 2.22. The molecule has 0 aliphatic heterocycles. The Kier molecular flexibility index (Phi) is 3.00. The van der Waals surface area contributed by atoms with Gasteiger partial charge in [0.15, 0.2) is 0 Å². The molecule has 0 saturated heterocycles. The molecular weight excluding hydrogens is 204 g/mol. The van der Waals surface area contributed by atoms with Crippen LogP contribution in [0.2, 0.25) is 5.02 Å². The number of rotatable bonds is 2. The zero-order valence-corrected chi connectivity index (χ0v) is 7.11. The summed E-state index contributed by atoms with van der Waals surface area (Å²) in [4.78, 5) is 12.9. The van der Waals surface area contributed by atoms with Gasteiger partial charge in [-0.05, 0) is 6.07 Å². The molecule has 13 heavy (non-hydrogen) atoms. The topological polar surface area (TPSA) is 53.1 Å². The Hall–Kier alpha value is -0.940. The van der Waals surface area contributed by atoms with E-state index in [-0.39, 0.29) is 10.7 Å². The monoisotopic (exact) mass is 209 g/mol. The van der Waals surface area contributed by atoms with Crippen molar-refractivity contribution in [1.82, 2.24) is 4.98 Å². The summed E-state index contributed by atoms with van der Waals surface area (Å²) < 4.78 is 24.5. The predicted molar refractivity (Wildman–Crippen MR) is 43.0 cm³/mol. The van der Waals surface area contributed by atoms with E-state index in [1.165, 1.54) is 0 Å². The first kappa shape index (κ1) is 10.1. The molecule has 0 aliphatic carbocycles. The van der Waals surface area contributed by atoms with Crippen molar-refractivity contribution in [2.75, 3.05) is 0 Å². The van der Waals surface area contributed by atoms with Crippen LogP contribution < -0.4 is 5.56 Å². The minimum absolute atomic E-state index is 0.204. The van der Waals surface area contributed by atoms with E-state index < -0.39 is 24.2 Å². The maximum absolute atomic E-state index is 12.2. The molecule has 0 bridgehead atoms. The molecule has 1 rings (SSSR count). The van der Waals surface area contributed by atoms with Gasteiger partial charge in [-0.15, -0.1) is 0 Å². The second kappa shape index (κ2) is 3.85. The van der Waals surface area contributed by atoms with Crippen molar-refractivity contribution in [3.63, 3.8) is 0 Å². The van der Waals surface area contributed by atoms with Crippen LogP contribution in [-0.4, -0.2) is 10.1 Å². The Bertz CT molecular complexity index is 364. The summed E-state index contributed by atoms with van der Waals surface area (Å²) in [7, 11) is 0. The summed E-state index contributed by atoms with van der Waals surface area (Å²) >= 11 is 5.33. The number of halogens is 3. The first-order valence-electron chi connectivity index (χ1n) is 3.37. The van der Waals surface area contributed by atoms with Gasteiger partial charge in [0, 0.05) is 5.56 Å². The molecule has 0 saturated carbocycles. The first-order valence-corrected chi connectivity index (χ1v) is 3.74. The SMILES string of the molecule is O=c1[nH]c(CO)c(C(F)F)cc1Cl. The predicted octanol–water partition coefficient (Wildman–Crippen LogP) is 1.46. The molecule has 6 heteroatoms. The quantitative estimate of drug-likeness (QED) is 0.775. The summed E-state index contributed by atoms with van der Waals surface area (Å²) in [6, 6.07) is 0.858. The number of hydrogen-bond donors (Lipinski definition) is 2. The maximum atomic E-state index is 12.2. The van der Waals surface area contributed by atoms with Crippen molar-refractivity contribution in [3.8, 4) is 0 Å². The van der Waals surface area contributed by atoms with Gasteiger partial charge in [-0.2, -0.15) is 0 Å². The molecule has 1 heterocycles. The fraction of sp³-hybridized carbons (Fsp3) is 0.286. The van der Waals surface area contributed by atoms with Crippen LogP contribution in [0.5, 0.6) is 0 Å². The van der Waals surface area contributed by atoms with Crippen molar-refractivity contribution in [1.29, 1.82) is 0 Å². The lowest BCUT2D eigenvalue weighted by atomic mass is 10.2. The van der Waals surface area contributed by atoms with Gasteiger partial charge in [-0.3, -0.25) is 4.79 Å². The van der Waals surface area contributed by atoms with Crippen molar-refractivity contribution in [2.24, 2.45) is 0 Å². The number of aromatic nitrogens is 1. The fourth-order valence-electron chi connectivity index (χ4n) is 0.884. The van der Waals surface area contributed by atoms with E-state index in [1.807, 2.05) is 0 Å². The molecular formula is C7H6ClF2NO2. The largest absolute Gasteiger partial charge is 0.390 e. The van der Waals surface area contributed by atoms with Crippen molar-refractivity contribution >= 4 is 11.6 Å². The molecule has 0 spiro atoms. The Morgan fingerprint density at radius 1 is 1.62 bits per heavy atom.